The summed E-state index contributed by atoms with van der Waals surface area (Å²) in [6, 6.07) is 6.03. The number of nitrogens with zero attached hydrogens (tertiary/aromatic N) is 2. The minimum Gasteiger partial charge on any atom is -0.482 e. The molecule has 5 heteroatoms. The van der Waals surface area contributed by atoms with Crippen LogP contribution in [0.4, 0.5) is 5.69 Å². The molecule has 0 saturated carbocycles. The Bertz CT molecular complexity index is 667. The van der Waals surface area contributed by atoms with E-state index < -0.39 is 4.92 Å². The molecule has 0 heterocycles. The Morgan fingerprint density at radius 1 is 1.33 bits per heavy atom. The Hall–Kier alpha value is -2.87. The molecule has 21 heavy (non-hydrogen) atoms. The molecule has 2 rings (SSSR count). The normalized spacial score (nSPS) is 19.3. The molecule has 0 radical (unpaired) electrons. The molecular weight excluding hydrogens is 268 g/mol. The number of nitro benzene ring substituents is 1. The van der Waals surface area contributed by atoms with E-state index in [1.165, 1.54) is 18.2 Å². The number of hydrogen-bond acceptors (Lipinski definition) is 4. The summed E-state index contributed by atoms with van der Waals surface area (Å²) in [5.74, 6) is 0.111. The molecule has 0 N–H and O–H groups in total. The number of benzene rings is 1. The van der Waals surface area contributed by atoms with Crippen molar-refractivity contribution in [1.29, 1.82) is 5.26 Å². The molecule has 0 saturated heterocycles. The molecule has 0 aliphatic heterocycles. The van der Waals surface area contributed by atoms with Gasteiger partial charge in [0.2, 0.25) is 0 Å². The summed E-state index contributed by atoms with van der Waals surface area (Å²) in [7, 11) is 0. The van der Waals surface area contributed by atoms with Crippen molar-refractivity contribution in [2.75, 3.05) is 6.61 Å². The Morgan fingerprint density at radius 3 is 2.90 bits per heavy atom. The first-order valence-corrected chi connectivity index (χ1v) is 6.54. The van der Waals surface area contributed by atoms with Gasteiger partial charge in [-0.3, -0.25) is 10.1 Å². The van der Waals surface area contributed by atoms with Gasteiger partial charge in [0.1, 0.15) is 6.61 Å². The minimum absolute atomic E-state index is 0.111. The third-order valence-electron chi connectivity index (χ3n) is 2.96. The predicted molar refractivity (Wildman–Crippen MR) is 78.9 cm³/mol. The molecule has 1 aliphatic rings. The van der Waals surface area contributed by atoms with E-state index in [9.17, 15) is 10.1 Å². The lowest BCUT2D eigenvalue weighted by Crippen LogP contribution is -2.03. The summed E-state index contributed by atoms with van der Waals surface area (Å²) >= 11 is 0. The number of ether oxygens (including phenoxy) is 1. The van der Waals surface area contributed by atoms with E-state index in [1.54, 1.807) is 0 Å². The van der Waals surface area contributed by atoms with Gasteiger partial charge in [0, 0.05) is 12.1 Å². The molecule has 106 valence electrons. The second-order valence-corrected chi connectivity index (χ2v) is 4.49. The lowest BCUT2D eigenvalue weighted by Gasteiger charge is -2.08. The average Bonchev–Trinajstić information content (AvgIpc) is 2.45. The molecule has 0 fully saturated rings. The Balaban J connectivity index is 2.18. The van der Waals surface area contributed by atoms with Crippen molar-refractivity contribution in [2.45, 2.75) is 12.8 Å². The topological polar surface area (TPSA) is 76.2 Å². The Kier molecular flexibility index (Phi) is 4.89. The molecule has 1 aliphatic carbocycles. The summed E-state index contributed by atoms with van der Waals surface area (Å²) in [5.41, 5.74) is 1.11. The highest BCUT2D eigenvalue weighted by molar-refractivity contribution is 5.51. The zero-order valence-electron chi connectivity index (χ0n) is 11.4. The van der Waals surface area contributed by atoms with Gasteiger partial charge in [-0.05, 0) is 24.5 Å². The fourth-order valence-corrected chi connectivity index (χ4v) is 1.88. The van der Waals surface area contributed by atoms with Crippen LogP contribution in [0.1, 0.15) is 18.4 Å². The van der Waals surface area contributed by atoms with Gasteiger partial charge in [0.05, 0.1) is 16.6 Å². The number of hydrogen-bond donors (Lipinski definition) is 0. The average molecular weight is 282 g/mol. The standard InChI is InChI=1S/C16H14N2O3/c17-11-14-8-9-15(18(19)20)16(10-14)21-12-13-6-4-2-1-3-5-7-13/h2,4-10H,1,3,12H2/b4-2-,7-5-,13-6+. The SMILES string of the molecule is N#Cc1ccc([N+](=O)[O-])c(OCC2=C/C=C\CC/C=C\2)c1. The molecule has 1 aromatic rings. The van der Waals surface area contributed by atoms with Crippen LogP contribution in [0.15, 0.2) is 54.2 Å². The van der Waals surface area contributed by atoms with Crippen molar-refractivity contribution in [3.05, 3.63) is 69.8 Å². The highest BCUT2D eigenvalue weighted by Gasteiger charge is 2.15. The zero-order chi connectivity index (χ0) is 15.1. The third-order valence-corrected chi connectivity index (χ3v) is 2.96. The Labute approximate surface area is 122 Å². The van der Waals surface area contributed by atoms with Crippen molar-refractivity contribution in [2.24, 2.45) is 0 Å². The molecule has 0 atom stereocenters. The number of allylic oxidation sites excluding steroid dienone is 4. The largest absolute Gasteiger partial charge is 0.482 e. The maximum absolute atomic E-state index is 11.0. The van der Waals surface area contributed by atoms with E-state index >= 15 is 0 Å². The van der Waals surface area contributed by atoms with Gasteiger partial charge in [-0.25, -0.2) is 0 Å². The molecule has 0 unspecified atom stereocenters. The van der Waals surface area contributed by atoms with Crippen LogP contribution in [-0.4, -0.2) is 11.5 Å². The van der Waals surface area contributed by atoms with Crippen LogP contribution in [0.25, 0.3) is 0 Å². The van der Waals surface area contributed by atoms with Crippen LogP contribution < -0.4 is 4.74 Å². The maximum Gasteiger partial charge on any atom is 0.311 e. The molecule has 0 bridgehead atoms. The smallest absolute Gasteiger partial charge is 0.311 e. The fourth-order valence-electron chi connectivity index (χ4n) is 1.88. The van der Waals surface area contributed by atoms with E-state index in [1.807, 2.05) is 30.4 Å². The molecule has 5 nitrogen and oxygen atoms in total. The summed E-state index contributed by atoms with van der Waals surface area (Å²) in [6.07, 6.45) is 11.9. The second-order valence-electron chi connectivity index (χ2n) is 4.49. The summed E-state index contributed by atoms with van der Waals surface area (Å²) in [4.78, 5) is 10.5. The predicted octanol–water partition coefficient (Wildman–Crippen LogP) is 3.68. The number of rotatable bonds is 4. The van der Waals surface area contributed by atoms with Crippen molar-refractivity contribution in [1.82, 2.24) is 0 Å². The van der Waals surface area contributed by atoms with E-state index in [4.69, 9.17) is 10.00 Å². The highest BCUT2D eigenvalue weighted by Crippen LogP contribution is 2.28. The van der Waals surface area contributed by atoms with Gasteiger partial charge < -0.3 is 4.74 Å². The van der Waals surface area contributed by atoms with Gasteiger partial charge in [0.15, 0.2) is 5.75 Å². The number of nitriles is 1. The third kappa shape index (κ3) is 4.05. The lowest BCUT2D eigenvalue weighted by molar-refractivity contribution is -0.385. The van der Waals surface area contributed by atoms with Crippen molar-refractivity contribution in [3.63, 3.8) is 0 Å². The summed E-state index contributed by atoms with van der Waals surface area (Å²) < 4.78 is 5.53. The summed E-state index contributed by atoms with van der Waals surface area (Å²) in [6.45, 7) is 0.219. The van der Waals surface area contributed by atoms with Crippen LogP contribution in [0.5, 0.6) is 5.75 Å². The molecule has 0 aromatic heterocycles. The second kappa shape index (κ2) is 7.06. The zero-order valence-corrected chi connectivity index (χ0v) is 11.4. The van der Waals surface area contributed by atoms with Crippen LogP contribution >= 0.6 is 0 Å². The van der Waals surface area contributed by atoms with Crippen LogP contribution in [0, 0.1) is 21.4 Å². The van der Waals surface area contributed by atoms with Crippen molar-refractivity contribution in [3.8, 4) is 11.8 Å². The minimum atomic E-state index is -0.515. The van der Waals surface area contributed by atoms with E-state index in [-0.39, 0.29) is 18.0 Å². The van der Waals surface area contributed by atoms with Crippen molar-refractivity contribution >= 4 is 5.69 Å². The Morgan fingerprint density at radius 2 is 2.14 bits per heavy atom. The van der Waals surface area contributed by atoms with Crippen molar-refractivity contribution < 1.29 is 9.66 Å². The molecule has 0 spiro atoms. The first kappa shape index (κ1) is 14.5. The van der Waals surface area contributed by atoms with Gasteiger partial charge in [-0.15, -0.1) is 0 Å². The summed E-state index contributed by atoms with van der Waals surface area (Å²) in [5, 5.41) is 19.8. The molecule has 1 aromatic carbocycles. The van der Waals surface area contributed by atoms with Crippen LogP contribution in [-0.2, 0) is 0 Å². The highest BCUT2D eigenvalue weighted by atomic mass is 16.6. The van der Waals surface area contributed by atoms with E-state index in [2.05, 4.69) is 6.08 Å². The van der Waals surface area contributed by atoms with Crippen LogP contribution in [0.3, 0.4) is 0 Å². The monoisotopic (exact) mass is 282 g/mol. The first-order valence-electron chi connectivity index (χ1n) is 6.54. The van der Waals surface area contributed by atoms with Gasteiger partial charge in [-0.2, -0.15) is 5.26 Å². The fraction of sp³-hybridized carbons (Fsp3) is 0.188. The van der Waals surface area contributed by atoms with Gasteiger partial charge in [0.25, 0.3) is 0 Å². The maximum atomic E-state index is 11.0. The van der Waals surface area contributed by atoms with Crippen LogP contribution in [0.2, 0.25) is 0 Å². The van der Waals surface area contributed by atoms with E-state index in [0.717, 1.165) is 18.4 Å². The van der Waals surface area contributed by atoms with Gasteiger partial charge >= 0.3 is 5.69 Å². The molecule has 0 amide bonds. The number of nitro groups is 1. The lowest BCUT2D eigenvalue weighted by atomic mass is 10.1. The van der Waals surface area contributed by atoms with Gasteiger partial charge in [-0.1, -0.05) is 30.4 Å². The molecular formula is C16H14N2O3. The first-order chi connectivity index (χ1) is 10.2. The van der Waals surface area contributed by atoms with E-state index in [0.29, 0.717) is 5.56 Å². The quantitative estimate of drug-likeness (QED) is 0.623.